The molecule has 0 aromatic heterocycles. The predicted molar refractivity (Wildman–Crippen MR) is 87.5 cm³/mol. The minimum atomic E-state index is 0.421. The minimum Gasteiger partial charge on any atom is -0.508 e. The first-order valence-electron chi connectivity index (χ1n) is 8.71. The molecule has 21 heavy (non-hydrogen) atoms. The number of likely N-dealkylation sites (tertiary alicyclic amines) is 1. The lowest BCUT2D eigenvalue weighted by atomic mass is 9.86. The van der Waals surface area contributed by atoms with E-state index in [-0.39, 0.29) is 0 Å². The largest absolute Gasteiger partial charge is 0.508 e. The average Bonchev–Trinajstić information content (AvgIpc) is 2.72. The minimum absolute atomic E-state index is 0.421. The lowest BCUT2D eigenvalue weighted by Gasteiger charge is -2.35. The van der Waals surface area contributed by atoms with Crippen molar-refractivity contribution in [3.05, 3.63) is 29.3 Å². The van der Waals surface area contributed by atoms with E-state index >= 15 is 0 Å². The number of hydrogen-bond acceptors (Lipinski definition) is 2. The van der Waals surface area contributed by atoms with E-state index in [0.29, 0.717) is 11.8 Å². The number of fused-ring (bicyclic) bond motifs is 1. The van der Waals surface area contributed by atoms with Gasteiger partial charge in [-0.25, -0.2) is 0 Å². The molecule has 1 aliphatic carbocycles. The molecule has 0 amide bonds. The van der Waals surface area contributed by atoms with Gasteiger partial charge in [-0.05, 0) is 86.7 Å². The van der Waals surface area contributed by atoms with Gasteiger partial charge in [0.2, 0.25) is 0 Å². The van der Waals surface area contributed by atoms with Gasteiger partial charge < -0.3 is 5.11 Å². The predicted octanol–water partition coefficient (Wildman–Crippen LogP) is 4.53. The Kier molecular flexibility index (Phi) is 4.54. The maximum Gasteiger partial charge on any atom is 0.115 e. The van der Waals surface area contributed by atoms with Crippen LogP contribution < -0.4 is 0 Å². The molecule has 0 bridgehead atoms. The van der Waals surface area contributed by atoms with Gasteiger partial charge in [0.15, 0.2) is 0 Å². The van der Waals surface area contributed by atoms with E-state index in [4.69, 9.17) is 0 Å². The van der Waals surface area contributed by atoms with Crippen molar-refractivity contribution in [3.8, 4) is 5.75 Å². The normalized spacial score (nSPS) is 27.4. The van der Waals surface area contributed by atoms with Gasteiger partial charge in [-0.2, -0.15) is 0 Å². The van der Waals surface area contributed by atoms with Crippen molar-refractivity contribution in [1.29, 1.82) is 0 Å². The summed E-state index contributed by atoms with van der Waals surface area (Å²) in [6.07, 6.45) is 7.75. The van der Waals surface area contributed by atoms with E-state index in [0.717, 1.165) is 18.3 Å². The summed E-state index contributed by atoms with van der Waals surface area (Å²) in [5, 5.41) is 9.71. The summed E-state index contributed by atoms with van der Waals surface area (Å²) >= 11 is 0. The molecule has 2 unspecified atom stereocenters. The van der Waals surface area contributed by atoms with Crippen molar-refractivity contribution in [3.63, 3.8) is 0 Å². The van der Waals surface area contributed by atoms with Gasteiger partial charge >= 0.3 is 0 Å². The van der Waals surface area contributed by atoms with Gasteiger partial charge in [-0.1, -0.05) is 19.9 Å². The van der Waals surface area contributed by atoms with E-state index in [1.807, 2.05) is 12.1 Å². The zero-order valence-electron chi connectivity index (χ0n) is 13.5. The molecule has 116 valence electrons. The lowest BCUT2D eigenvalue weighted by molar-refractivity contribution is 0.181. The van der Waals surface area contributed by atoms with Crippen molar-refractivity contribution in [2.75, 3.05) is 13.1 Å². The van der Waals surface area contributed by atoms with Crippen LogP contribution in [0.5, 0.6) is 5.75 Å². The molecule has 2 atom stereocenters. The number of benzene rings is 1. The second-order valence-corrected chi connectivity index (χ2v) is 7.26. The third kappa shape index (κ3) is 3.26. The Morgan fingerprint density at radius 1 is 1.10 bits per heavy atom. The van der Waals surface area contributed by atoms with Crippen LogP contribution in [-0.2, 0) is 6.42 Å². The fourth-order valence-corrected chi connectivity index (χ4v) is 4.28. The van der Waals surface area contributed by atoms with Crippen LogP contribution in [0.2, 0.25) is 0 Å². The third-order valence-corrected chi connectivity index (χ3v) is 5.60. The number of rotatable bonds is 2. The Labute approximate surface area is 129 Å². The monoisotopic (exact) mass is 287 g/mol. The maximum atomic E-state index is 9.71. The molecule has 1 saturated heterocycles. The molecule has 1 heterocycles. The van der Waals surface area contributed by atoms with Crippen molar-refractivity contribution in [1.82, 2.24) is 4.90 Å². The van der Waals surface area contributed by atoms with E-state index < -0.39 is 0 Å². The summed E-state index contributed by atoms with van der Waals surface area (Å²) < 4.78 is 0. The Bertz CT molecular complexity index is 482. The van der Waals surface area contributed by atoms with E-state index in [9.17, 15) is 5.11 Å². The van der Waals surface area contributed by atoms with Crippen LogP contribution in [0.4, 0.5) is 0 Å². The Morgan fingerprint density at radius 3 is 2.76 bits per heavy atom. The quantitative estimate of drug-likeness (QED) is 0.864. The number of hydrogen-bond donors (Lipinski definition) is 1. The molecule has 2 heteroatoms. The first-order valence-corrected chi connectivity index (χ1v) is 8.71. The van der Waals surface area contributed by atoms with Crippen molar-refractivity contribution < 1.29 is 5.11 Å². The second kappa shape index (κ2) is 6.39. The molecule has 3 rings (SSSR count). The number of phenolic OH excluding ortho intramolecular Hbond substituents is 1. The average molecular weight is 287 g/mol. The molecule has 0 spiro atoms. The summed E-state index contributed by atoms with van der Waals surface area (Å²) in [6, 6.07) is 6.60. The van der Waals surface area contributed by atoms with Crippen molar-refractivity contribution >= 4 is 0 Å². The zero-order chi connectivity index (χ0) is 14.8. The van der Waals surface area contributed by atoms with Crippen LogP contribution in [0, 0.1) is 11.8 Å². The SMILES string of the molecule is CC(C)C1CCCN(C2CCCc3cc(O)ccc32)CC1. The van der Waals surface area contributed by atoms with Gasteiger partial charge in [0.05, 0.1) is 0 Å². The molecular formula is C19H29NO. The summed E-state index contributed by atoms with van der Waals surface area (Å²) in [6.45, 7) is 7.24. The first kappa shape index (κ1) is 14.9. The molecule has 1 N–H and O–H groups in total. The summed E-state index contributed by atoms with van der Waals surface area (Å²) in [4.78, 5) is 2.72. The third-order valence-electron chi connectivity index (χ3n) is 5.60. The maximum absolute atomic E-state index is 9.71. The lowest BCUT2D eigenvalue weighted by Crippen LogP contribution is -2.32. The van der Waals surface area contributed by atoms with Crippen LogP contribution in [0.15, 0.2) is 18.2 Å². The van der Waals surface area contributed by atoms with Gasteiger partial charge in [0.1, 0.15) is 5.75 Å². The molecule has 1 aliphatic heterocycles. The molecule has 1 aromatic rings. The molecule has 0 radical (unpaired) electrons. The van der Waals surface area contributed by atoms with E-state index in [1.54, 1.807) is 0 Å². The molecular weight excluding hydrogens is 258 g/mol. The molecule has 1 fully saturated rings. The summed E-state index contributed by atoms with van der Waals surface area (Å²) in [5.74, 6) is 2.14. The highest BCUT2D eigenvalue weighted by atomic mass is 16.3. The second-order valence-electron chi connectivity index (χ2n) is 7.26. The highest BCUT2D eigenvalue weighted by molar-refractivity contribution is 5.38. The van der Waals surface area contributed by atoms with Crippen LogP contribution in [0.3, 0.4) is 0 Å². The Hall–Kier alpha value is -1.02. The number of aromatic hydroxyl groups is 1. The summed E-state index contributed by atoms with van der Waals surface area (Å²) in [7, 11) is 0. The van der Waals surface area contributed by atoms with Gasteiger partial charge in [0, 0.05) is 6.04 Å². The number of phenols is 1. The zero-order valence-corrected chi connectivity index (χ0v) is 13.5. The van der Waals surface area contributed by atoms with Gasteiger partial charge in [-0.15, -0.1) is 0 Å². The standard InChI is InChI=1S/C19H29NO/c1-14(2)15-6-4-11-20(12-10-15)19-7-3-5-16-13-17(21)8-9-18(16)19/h8-9,13-15,19,21H,3-7,10-12H2,1-2H3. The highest BCUT2D eigenvalue weighted by Gasteiger charge is 2.28. The molecule has 1 aromatic carbocycles. The van der Waals surface area contributed by atoms with Crippen LogP contribution in [0.1, 0.15) is 63.1 Å². The topological polar surface area (TPSA) is 23.5 Å². The van der Waals surface area contributed by atoms with Crippen molar-refractivity contribution in [2.45, 2.75) is 58.4 Å². The Balaban J connectivity index is 1.76. The van der Waals surface area contributed by atoms with Crippen LogP contribution in [0.25, 0.3) is 0 Å². The smallest absolute Gasteiger partial charge is 0.115 e. The molecule has 2 nitrogen and oxygen atoms in total. The fraction of sp³-hybridized carbons (Fsp3) is 0.684. The van der Waals surface area contributed by atoms with E-state index in [1.165, 1.54) is 56.3 Å². The summed E-state index contributed by atoms with van der Waals surface area (Å²) in [5.41, 5.74) is 2.85. The number of nitrogens with zero attached hydrogens (tertiary/aromatic N) is 1. The first-order chi connectivity index (χ1) is 10.1. The number of aryl methyl sites for hydroxylation is 1. The van der Waals surface area contributed by atoms with Crippen LogP contribution in [-0.4, -0.2) is 23.1 Å². The van der Waals surface area contributed by atoms with Gasteiger partial charge in [-0.3, -0.25) is 4.90 Å². The highest BCUT2D eigenvalue weighted by Crippen LogP contribution is 2.37. The molecule has 2 aliphatic rings. The molecule has 0 saturated carbocycles. The Morgan fingerprint density at radius 2 is 1.95 bits per heavy atom. The van der Waals surface area contributed by atoms with Crippen molar-refractivity contribution in [2.24, 2.45) is 11.8 Å². The van der Waals surface area contributed by atoms with E-state index in [2.05, 4.69) is 24.8 Å². The van der Waals surface area contributed by atoms with Crippen LogP contribution >= 0.6 is 0 Å². The van der Waals surface area contributed by atoms with Gasteiger partial charge in [0.25, 0.3) is 0 Å². The fourth-order valence-electron chi connectivity index (χ4n) is 4.28.